The van der Waals surface area contributed by atoms with Gasteiger partial charge in [0, 0.05) is 23.7 Å². The Balaban J connectivity index is 1.47. The molecule has 3 aromatic rings. The molecule has 23 heavy (non-hydrogen) atoms. The van der Waals surface area contributed by atoms with Crippen molar-refractivity contribution in [2.24, 2.45) is 0 Å². The van der Waals surface area contributed by atoms with Gasteiger partial charge in [-0.2, -0.15) is 0 Å². The summed E-state index contributed by atoms with van der Waals surface area (Å²) in [6.07, 6.45) is 4.87. The fourth-order valence-electron chi connectivity index (χ4n) is 2.62. The number of rotatable bonds is 6. The number of aryl methyl sites for hydroxylation is 1. The molecule has 0 radical (unpaired) electrons. The minimum atomic E-state index is -0.0181. The summed E-state index contributed by atoms with van der Waals surface area (Å²) >= 11 is 0. The Hall–Kier alpha value is -2.68. The van der Waals surface area contributed by atoms with Crippen LogP contribution in [0.4, 0.5) is 0 Å². The fourth-order valence-corrected chi connectivity index (χ4v) is 2.62. The minimum Gasteiger partial charge on any atom is -0.352 e. The molecule has 0 saturated carbocycles. The Morgan fingerprint density at radius 3 is 2.70 bits per heavy atom. The summed E-state index contributed by atoms with van der Waals surface area (Å²) < 4.78 is 0. The highest BCUT2D eigenvalue weighted by Crippen LogP contribution is 2.13. The molecule has 0 bridgehead atoms. The van der Waals surface area contributed by atoms with Crippen LogP contribution in [0.1, 0.15) is 28.8 Å². The van der Waals surface area contributed by atoms with Crippen molar-refractivity contribution in [2.75, 3.05) is 6.54 Å². The molecular weight excluding hydrogens is 284 g/mol. The summed E-state index contributed by atoms with van der Waals surface area (Å²) in [5.74, 6) is -0.0181. The number of unbranched alkanes of at least 4 members (excludes halogenated alkanes) is 1. The van der Waals surface area contributed by atoms with Crippen molar-refractivity contribution in [3.63, 3.8) is 0 Å². The van der Waals surface area contributed by atoms with Crippen molar-refractivity contribution in [3.05, 3.63) is 78.0 Å². The molecule has 3 rings (SSSR count). The maximum Gasteiger partial charge on any atom is 0.251 e. The zero-order chi connectivity index (χ0) is 15.9. The van der Waals surface area contributed by atoms with Crippen molar-refractivity contribution >= 4 is 16.8 Å². The topological polar surface area (TPSA) is 42.0 Å². The van der Waals surface area contributed by atoms with E-state index in [9.17, 15) is 4.79 Å². The third kappa shape index (κ3) is 4.16. The molecule has 0 spiro atoms. The Kier molecular flexibility index (Phi) is 4.99. The van der Waals surface area contributed by atoms with Gasteiger partial charge >= 0.3 is 0 Å². The Morgan fingerprint density at radius 2 is 1.83 bits per heavy atom. The highest BCUT2D eigenvalue weighted by Gasteiger charge is 2.05. The van der Waals surface area contributed by atoms with Gasteiger partial charge in [-0.25, -0.2) is 0 Å². The number of nitrogens with zero attached hydrogens (tertiary/aromatic N) is 1. The second kappa shape index (κ2) is 7.54. The fraction of sp³-hybridized carbons (Fsp3) is 0.200. The maximum atomic E-state index is 12.2. The van der Waals surface area contributed by atoms with E-state index in [0.29, 0.717) is 12.1 Å². The van der Waals surface area contributed by atoms with Crippen molar-refractivity contribution in [2.45, 2.75) is 19.3 Å². The van der Waals surface area contributed by atoms with E-state index in [0.717, 1.165) is 30.2 Å². The van der Waals surface area contributed by atoms with Crippen molar-refractivity contribution in [1.82, 2.24) is 10.3 Å². The number of fused-ring (bicyclic) bond motifs is 1. The molecule has 3 nitrogen and oxygen atoms in total. The van der Waals surface area contributed by atoms with E-state index in [1.54, 1.807) is 6.20 Å². The van der Waals surface area contributed by atoms with E-state index >= 15 is 0 Å². The van der Waals surface area contributed by atoms with Crippen LogP contribution in [-0.2, 0) is 6.42 Å². The van der Waals surface area contributed by atoms with Gasteiger partial charge in [-0.1, -0.05) is 36.4 Å². The lowest BCUT2D eigenvalue weighted by atomic mass is 10.1. The summed E-state index contributed by atoms with van der Waals surface area (Å²) in [6.45, 7) is 0.705. The molecular formula is C20H20N2O. The molecule has 0 unspecified atom stereocenters. The van der Waals surface area contributed by atoms with Crippen LogP contribution in [-0.4, -0.2) is 17.4 Å². The van der Waals surface area contributed by atoms with Crippen LogP contribution in [0, 0.1) is 0 Å². The molecule has 2 aromatic carbocycles. The summed E-state index contributed by atoms with van der Waals surface area (Å²) in [5.41, 5.74) is 2.95. The monoisotopic (exact) mass is 304 g/mol. The molecule has 0 aliphatic rings. The van der Waals surface area contributed by atoms with Gasteiger partial charge in [0.2, 0.25) is 0 Å². The van der Waals surface area contributed by atoms with Crippen molar-refractivity contribution in [3.8, 4) is 0 Å². The van der Waals surface area contributed by atoms with E-state index in [-0.39, 0.29) is 5.91 Å². The quantitative estimate of drug-likeness (QED) is 0.700. The Bertz CT molecular complexity index is 784. The average molecular weight is 304 g/mol. The lowest BCUT2D eigenvalue weighted by Crippen LogP contribution is -2.24. The zero-order valence-corrected chi connectivity index (χ0v) is 13.0. The van der Waals surface area contributed by atoms with E-state index in [1.807, 2.05) is 36.4 Å². The first-order valence-corrected chi connectivity index (χ1v) is 8.00. The van der Waals surface area contributed by atoms with Crippen LogP contribution in [0.3, 0.4) is 0 Å². The average Bonchev–Trinajstić information content (AvgIpc) is 2.61. The molecule has 0 atom stereocenters. The largest absolute Gasteiger partial charge is 0.352 e. The third-order valence-corrected chi connectivity index (χ3v) is 3.89. The van der Waals surface area contributed by atoms with Crippen LogP contribution < -0.4 is 5.32 Å². The summed E-state index contributed by atoms with van der Waals surface area (Å²) in [7, 11) is 0. The molecule has 0 aliphatic heterocycles. The zero-order valence-electron chi connectivity index (χ0n) is 13.0. The molecule has 3 heteroatoms. The van der Waals surface area contributed by atoms with Crippen LogP contribution in [0.2, 0.25) is 0 Å². The number of amides is 1. The SMILES string of the molecule is O=C(NCCCCc1ccccc1)c1ccc2ncccc2c1. The normalized spacial score (nSPS) is 10.6. The number of hydrogen-bond acceptors (Lipinski definition) is 2. The Morgan fingerprint density at radius 1 is 0.957 bits per heavy atom. The molecule has 1 N–H and O–H groups in total. The van der Waals surface area contributed by atoms with Crippen LogP contribution >= 0.6 is 0 Å². The second-order valence-corrected chi connectivity index (χ2v) is 5.61. The Labute approximate surface area is 136 Å². The molecule has 0 fully saturated rings. The van der Waals surface area contributed by atoms with E-state index in [4.69, 9.17) is 0 Å². The molecule has 1 aromatic heterocycles. The first-order valence-electron chi connectivity index (χ1n) is 8.00. The standard InChI is InChI=1S/C20H20N2O/c23-20(18-11-12-19-17(15-18)10-6-14-21-19)22-13-5-4-9-16-7-2-1-3-8-16/h1-3,6-8,10-12,14-15H,4-5,9,13H2,(H,22,23). The number of benzene rings is 2. The van der Waals surface area contributed by atoms with E-state index < -0.39 is 0 Å². The third-order valence-electron chi connectivity index (χ3n) is 3.89. The molecule has 0 saturated heterocycles. The summed E-state index contributed by atoms with van der Waals surface area (Å²) in [4.78, 5) is 16.5. The van der Waals surface area contributed by atoms with E-state index in [2.05, 4.69) is 34.6 Å². The van der Waals surface area contributed by atoms with Gasteiger partial charge in [-0.05, 0) is 49.1 Å². The maximum absolute atomic E-state index is 12.2. The van der Waals surface area contributed by atoms with Gasteiger partial charge in [0.1, 0.15) is 0 Å². The predicted octanol–water partition coefficient (Wildman–Crippen LogP) is 3.99. The molecule has 0 aliphatic carbocycles. The highest BCUT2D eigenvalue weighted by molar-refractivity contribution is 5.97. The first-order chi connectivity index (χ1) is 11.3. The van der Waals surface area contributed by atoms with Crippen LogP contribution in [0.5, 0.6) is 0 Å². The number of carbonyl (C=O) groups is 1. The van der Waals surface area contributed by atoms with Crippen LogP contribution in [0.15, 0.2) is 66.9 Å². The van der Waals surface area contributed by atoms with Crippen molar-refractivity contribution < 1.29 is 4.79 Å². The molecule has 1 heterocycles. The van der Waals surface area contributed by atoms with Gasteiger partial charge in [-0.15, -0.1) is 0 Å². The predicted molar refractivity (Wildman–Crippen MR) is 93.5 cm³/mol. The number of carbonyl (C=O) groups excluding carboxylic acids is 1. The second-order valence-electron chi connectivity index (χ2n) is 5.61. The lowest BCUT2D eigenvalue weighted by molar-refractivity contribution is 0.0953. The number of aromatic nitrogens is 1. The van der Waals surface area contributed by atoms with Crippen LogP contribution in [0.25, 0.3) is 10.9 Å². The number of nitrogens with one attached hydrogen (secondary N) is 1. The number of pyridine rings is 1. The molecule has 1 amide bonds. The first kappa shape index (κ1) is 15.2. The highest BCUT2D eigenvalue weighted by atomic mass is 16.1. The van der Waals surface area contributed by atoms with E-state index in [1.165, 1.54) is 5.56 Å². The van der Waals surface area contributed by atoms with Gasteiger partial charge in [0.25, 0.3) is 5.91 Å². The molecule has 116 valence electrons. The van der Waals surface area contributed by atoms with Crippen molar-refractivity contribution in [1.29, 1.82) is 0 Å². The van der Waals surface area contributed by atoms with Gasteiger partial charge in [-0.3, -0.25) is 9.78 Å². The lowest BCUT2D eigenvalue weighted by Gasteiger charge is -2.06. The summed E-state index contributed by atoms with van der Waals surface area (Å²) in [6, 6.07) is 19.9. The number of hydrogen-bond donors (Lipinski definition) is 1. The minimum absolute atomic E-state index is 0.0181. The van der Waals surface area contributed by atoms with Gasteiger partial charge < -0.3 is 5.32 Å². The van der Waals surface area contributed by atoms with Gasteiger partial charge in [0.15, 0.2) is 0 Å². The van der Waals surface area contributed by atoms with Gasteiger partial charge in [0.05, 0.1) is 5.52 Å². The summed E-state index contributed by atoms with van der Waals surface area (Å²) in [5, 5.41) is 3.98. The smallest absolute Gasteiger partial charge is 0.251 e.